The first-order valence-electron chi connectivity index (χ1n) is 5.81. The van der Waals surface area contributed by atoms with Gasteiger partial charge in [-0.2, -0.15) is 21.6 Å². The molecule has 116 valence electrons. The van der Waals surface area contributed by atoms with Crippen LogP contribution in [0, 0.1) is 0 Å². The summed E-state index contributed by atoms with van der Waals surface area (Å²) in [6.07, 6.45) is 0. The Bertz CT molecular complexity index is 977. The second kappa shape index (κ2) is 5.00. The van der Waals surface area contributed by atoms with E-state index in [9.17, 15) is 21.6 Å². The molecule has 3 aromatic rings. The van der Waals surface area contributed by atoms with Crippen LogP contribution in [0.3, 0.4) is 0 Å². The predicted octanol–water partition coefficient (Wildman–Crippen LogP) is 4.94. The first kappa shape index (κ1) is 15.4. The number of hydrogen-bond acceptors (Lipinski definition) is 4. The van der Waals surface area contributed by atoms with Gasteiger partial charge in [-0.1, -0.05) is 23.7 Å². The standard InChI is InChI=1S/C13H6ClF3O3S2/c14-7-3-1-5-9-11(7)12-8(4-2-6-10(12)21-9)20-22(18,19)13(15,16)17/h1-6H. The zero-order valence-corrected chi connectivity index (χ0v) is 12.9. The molecule has 0 aliphatic rings. The summed E-state index contributed by atoms with van der Waals surface area (Å²) in [5.74, 6) is -0.394. The highest BCUT2D eigenvalue weighted by Crippen LogP contribution is 2.43. The molecule has 0 atom stereocenters. The average molecular weight is 367 g/mol. The Balaban J connectivity index is 2.30. The minimum Gasteiger partial charge on any atom is -0.375 e. The van der Waals surface area contributed by atoms with Crippen molar-refractivity contribution in [2.75, 3.05) is 0 Å². The minimum atomic E-state index is -5.74. The van der Waals surface area contributed by atoms with Gasteiger partial charge in [-0.25, -0.2) is 0 Å². The Morgan fingerprint density at radius 3 is 2.23 bits per heavy atom. The van der Waals surface area contributed by atoms with Gasteiger partial charge in [0.1, 0.15) is 0 Å². The van der Waals surface area contributed by atoms with Crippen LogP contribution < -0.4 is 4.18 Å². The second-order valence-electron chi connectivity index (χ2n) is 4.33. The van der Waals surface area contributed by atoms with Crippen LogP contribution in [0.1, 0.15) is 0 Å². The third kappa shape index (κ3) is 2.41. The van der Waals surface area contributed by atoms with Crippen LogP contribution in [0.4, 0.5) is 13.2 Å². The van der Waals surface area contributed by atoms with E-state index in [0.717, 1.165) is 4.70 Å². The number of rotatable bonds is 2. The summed E-state index contributed by atoms with van der Waals surface area (Å²) in [4.78, 5) is 0. The molecule has 0 fully saturated rings. The molecule has 0 radical (unpaired) electrons. The Labute approximate surface area is 132 Å². The molecule has 0 bridgehead atoms. The molecule has 0 spiro atoms. The number of fused-ring (bicyclic) bond motifs is 3. The Morgan fingerprint density at radius 1 is 1.00 bits per heavy atom. The zero-order valence-electron chi connectivity index (χ0n) is 10.5. The molecule has 9 heteroatoms. The van der Waals surface area contributed by atoms with Crippen molar-refractivity contribution in [2.45, 2.75) is 5.51 Å². The topological polar surface area (TPSA) is 43.4 Å². The van der Waals surface area contributed by atoms with Gasteiger partial charge in [0.15, 0.2) is 5.75 Å². The molecule has 0 amide bonds. The molecule has 0 saturated heterocycles. The highest BCUT2D eigenvalue weighted by Gasteiger charge is 2.48. The van der Waals surface area contributed by atoms with E-state index >= 15 is 0 Å². The number of thiophene rings is 1. The first-order valence-corrected chi connectivity index (χ1v) is 8.41. The predicted molar refractivity (Wildman–Crippen MR) is 79.9 cm³/mol. The lowest BCUT2D eigenvalue weighted by molar-refractivity contribution is -0.0499. The third-order valence-corrected chi connectivity index (χ3v) is 5.32. The first-order chi connectivity index (χ1) is 10.2. The smallest absolute Gasteiger partial charge is 0.375 e. The van der Waals surface area contributed by atoms with E-state index in [4.69, 9.17) is 11.6 Å². The summed E-state index contributed by atoms with van der Waals surface area (Å²) >= 11 is 7.37. The lowest BCUT2D eigenvalue weighted by Gasteiger charge is -2.10. The van der Waals surface area contributed by atoms with Gasteiger partial charge in [0.2, 0.25) is 0 Å². The Kier molecular flexibility index (Phi) is 3.50. The Morgan fingerprint density at radius 2 is 1.59 bits per heavy atom. The summed E-state index contributed by atoms with van der Waals surface area (Å²) in [5.41, 5.74) is -5.50. The summed E-state index contributed by atoms with van der Waals surface area (Å²) in [6.45, 7) is 0. The zero-order chi connectivity index (χ0) is 16.1. The van der Waals surface area contributed by atoms with Crippen molar-refractivity contribution in [3.63, 3.8) is 0 Å². The van der Waals surface area contributed by atoms with Crippen LogP contribution in [0.5, 0.6) is 5.75 Å². The van der Waals surface area contributed by atoms with Crippen molar-refractivity contribution < 1.29 is 25.8 Å². The molecular formula is C13H6ClF3O3S2. The van der Waals surface area contributed by atoms with E-state index in [1.165, 1.54) is 23.5 Å². The summed E-state index contributed by atoms with van der Waals surface area (Å²) in [5, 5.41) is 1.03. The fourth-order valence-electron chi connectivity index (χ4n) is 2.03. The lowest BCUT2D eigenvalue weighted by Crippen LogP contribution is -2.28. The fourth-order valence-corrected chi connectivity index (χ4v) is 3.97. The van der Waals surface area contributed by atoms with Crippen molar-refractivity contribution in [3.05, 3.63) is 41.4 Å². The van der Waals surface area contributed by atoms with Gasteiger partial charge in [-0.15, -0.1) is 11.3 Å². The molecular weight excluding hydrogens is 361 g/mol. The third-order valence-electron chi connectivity index (χ3n) is 2.92. The van der Waals surface area contributed by atoms with Crippen LogP contribution in [-0.4, -0.2) is 13.9 Å². The van der Waals surface area contributed by atoms with Crippen molar-refractivity contribution in [2.24, 2.45) is 0 Å². The number of halogens is 4. The monoisotopic (exact) mass is 366 g/mol. The number of benzene rings is 2. The van der Waals surface area contributed by atoms with Crippen LogP contribution in [0.2, 0.25) is 5.02 Å². The van der Waals surface area contributed by atoms with Crippen LogP contribution in [0.15, 0.2) is 36.4 Å². The summed E-state index contributed by atoms with van der Waals surface area (Å²) in [7, 11) is -5.74. The van der Waals surface area contributed by atoms with Gasteiger partial charge in [-0.3, -0.25) is 0 Å². The maximum Gasteiger partial charge on any atom is 0.534 e. The second-order valence-corrected chi connectivity index (χ2v) is 7.36. The Hall–Kier alpha value is -1.51. The van der Waals surface area contributed by atoms with Crippen molar-refractivity contribution in [1.82, 2.24) is 0 Å². The van der Waals surface area contributed by atoms with Crippen LogP contribution >= 0.6 is 22.9 Å². The SMILES string of the molecule is O=S(=O)(Oc1cccc2sc3cccc(Cl)c3c12)C(F)(F)F. The molecule has 3 nitrogen and oxygen atoms in total. The maximum atomic E-state index is 12.5. The van der Waals surface area contributed by atoms with E-state index in [1.54, 1.807) is 24.3 Å². The molecule has 0 aliphatic carbocycles. The van der Waals surface area contributed by atoms with Crippen molar-refractivity contribution in [1.29, 1.82) is 0 Å². The van der Waals surface area contributed by atoms with E-state index in [2.05, 4.69) is 4.18 Å². The van der Waals surface area contributed by atoms with Crippen molar-refractivity contribution >= 4 is 53.2 Å². The van der Waals surface area contributed by atoms with E-state index in [1.807, 2.05) is 0 Å². The molecule has 1 aromatic heterocycles. The van der Waals surface area contributed by atoms with Gasteiger partial charge in [0, 0.05) is 20.2 Å². The minimum absolute atomic E-state index is 0.251. The van der Waals surface area contributed by atoms with Crippen LogP contribution in [-0.2, 0) is 10.1 Å². The molecule has 0 aliphatic heterocycles. The highest BCUT2D eigenvalue weighted by atomic mass is 35.5. The number of alkyl halides is 3. The van der Waals surface area contributed by atoms with E-state index < -0.39 is 21.4 Å². The van der Waals surface area contributed by atoms with Gasteiger partial charge in [0.05, 0.1) is 5.02 Å². The lowest BCUT2D eigenvalue weighted by atomic mass is 10.1. The highest BCUT2D eigenvalue weighted by molar-refractivity contribution is 7.88. The summed E-state index contributed by atoms with van der Waals surface area (Å²) in [6, 6.07) is 9.27. The van der Waals surface area contributed by atoms with Crippen LogP contribution in [0.25, 0.3) is 20.2 Å². The molecule has 2 aromatic carbocycles. The molecule has 1 heterocycles. The molecule has 0 unspecified atom stereocenters. The largest absolute Gasteiger partial charge is 0.534 e. The quantitative estimate of drug-likeness (QED) is 0.477. The average Bonchev–Trinajstić information content (AvgIpc) is 2.77. The maximum absolute atomic E-state index is 12.5. The molecule has 22 heavy (non-hydrogen) atoms. The molecule has 0 N–H and O–H groups in total. The molecule has 3 rings (SSSR count). The van der Waals surface area contributed by atoms with E-state index in [0.29, 0.717) is 15.1 Å². The molecule has 0 saturated carbocycles. The van der Waals surface area contributed by atoms with Gasteiger partial charge in [0.25, 0.3) is 0 Å². The normalized spacial score (nSPS) is 12.9. The van der Waals surface area contributed by atoms with Gasteiger partial charge in [-0.05, 0) is 24.3 Å². The van der Waals surface area contributed by atoms with Crippen molar-refractivity contribution in [3.8, 4) is 5.75 Å². The van der Waals surface area contributed by atoms with Gasteiger partial charge < -0.3 is 4.18 Å². The van der Waals surface area contributed by atoms with E-state index in [-0.39, 0.29) is 5.39 Å². The van der Waals surface area contributed by atoms with Gasteiger partial charge >= 0.3 is 15.6 Å². The number of hydrogen-bond donors (Lipinski definition) is 0. The fraction of sp³-hybridized carbons (Fsp3) is 0.0769. The summed E-state index contributed by atoms with van der Waals surface area (Å²) < 4.78 is 65.6.